The maximum atomic E-state index is 12.8. The number of nitrogens with one attached hydrogen (secondary N) is 1. The highest BCUT2D eigenvalue weighted by atomic mass is 32.1. The number of anilines is 1. The minimum atomic E-state index is -0.335. The molecule has 140 valence electrons. The van der Waals surface area contributed by atoms with Crippen molar-refractivity contribution in [3.8, 4) is 28.5 Å². The van der Waals surface area contributed by atoms with Gasteiger partial charge in [-0.1, -0.05) is 24.3 Å². The van der Waals surface area contributed by atoms with E-state index in [1.54, 1.807) is 12.1 Å². The van der Waals surface area contributed by atoms with Gasteiger partial charge in [-0.25, -0.2) is 4.98 Å². The molecule has 0 atom stereocenters. The van der Waals surface area contributed by atoms with Crippen LogP contribution in [0.4, 0.5) is 5.13 Å². The van der Waals surface area contributed by atoms with E-state index in [-0.39, 0.29) is 5.91 Å². The maximum Gasteiger partial charge on any atom is 0.261 e. The SMILES string of the molecule is COc1cc(OC)c(C(=O)Nc2nc(-c3ccccc3C)cs2)cc1OC. The number of thiazole rings is 1. The number of methoxy groups -OCH3 is 3. The summed E-state index contributed by atoms with van der Waals surface area (Å²) >= 11 is 1.37. The monoisotopic (exact) mass is 384 g/mol. The van der Waals surface area contributed by atoms with Crippen LogP contribution in [0.15, 0.2) is 41.8 Å². The molecular weight excluding hydrogens is 364 g/mol. The van der Waals surface area contributed by atoms with Crippen LogP contribution >= 0.6 is 11.3 Å². The molecule has 27 heavy (non-hydrogen) atoms. The zero-order valence-corrected chi connectivity index (χ0v) is 16.3. The number of hydrogen-bond acceptors (Lipinski definition) is 6. The van der Waals surface area contributed by atoms with Crippen LogP contribution in [0.5, 0.6) is 17.2 Å². The smallest absolute Gasteiger partial charge is 0.261 e. The number of amides is 1. The molecule has 1 heterocycles. The third kappa shape index (κ3) is 3.88. The van der Waals surface area contributed by atoms with Crippen LogP contribution in [0.25, 0.3) is 11.3 Å². The second kappa shape index (κ2) is 8.09. The molecule has 3 aromatic rings. The molecular formula is C20H20N2O4S. The van der Waals surface area contributed by atoms with Gasteiger partial charge in [0.15, 0.2) is 16.6 Å². The van der Waals surface area contributed by atoms with Crippen LogP contribution in [0.2, 0.25) is 0 Å². The first-order valence-corrected chi connectivity index (χ1v) is 9.08. The van der Waals surface area contributed by atoms with E-state index in [4.69, 9.17) is 14.2 Å². The molecule has 0 spiro atoms. The number of carbonyl (C=O) groups excluding carboxylic acids is 1. The van der Waals surface area contributed by atoms with Gasteiger partial charge in [-0.2, -0.15) is 0 Å². The quantitative estimate of drug-likeness (QED) is 0.682. The highest BCUT2D eigenvalue weighted by Crippen LogP contribution is 2.35. The van der Waals surface area contributed by atoms with E-state index in [0.29, 0.717) is 27.9 Å². The molecule has 0 aliphatic rings. The van der Waals surface area contributed by atoms with E-state index in [2.05, 4.69) is 10.3 Å². The molecule has 0 aliphatic heterocycles. The molecule has 0 aliphatic carbocycles. The molecule has 0 saturated carbocycles. The van der Waals surface area contributed by atoms with E-state index >= 15 is 0 Å². The third-order valence-electron chi connectivity index (χ3n) is 4.10. The first-order valence-electron chi connectivity index (χ1n) is 8.20. The minimum Gasteiger partial charge on any atom is -0.496 e. The van der Waals surface area contributed by atoms with Gasteiger partial charge in [-0.15, -0.1) is 11.3 Å². The number of benzene rings is 2. The van der Waals surface area contributed by atoms with Gasteiger partial charge in [0.1, 0.15) is 5.75 Å². The zero-order valence-electron chi connectivity index (χ0n) is 15.5. The fourth-order valence-corrected chi connectivity index (χ4v) is 3.39. The molecule has 0 bridgehead atoms. The van der Waals surface area contributed by atoms with Gasteiger partial charge in [-0.05, 0) is 12.5 Å². The van der Waals surface area contributed by atoms with Crippen LogP contribution in [0.3, 0.4) is 0 Å². The summed E-state index contributed by atoms with van der Waals surface area (Å²) in [6, 6.07) is 11.2. The predicted octanol–water partition coefficient (Wildman–Crippen LogP) is 4.40. The summed E-state index contributed by atoms with van der Waals surface area (Å²) in [5.74, 6) is 0.990. The Morgan fingerprint density at radius 1 is 1.00 bits per heavy atom. The van der Waals surface area contributed by atoms with E-state index in [1.807, 2.05) is 36.6 Å². The van der Waals surface area contributed by atoms with Gasteiger partial charge < -0.3 is 14.2 Å². The lowest BCUT2D eigenvalue weighted by molar-refractivity contribution is 0.102. The molecule has 1 N–H and O–H groups in total. The van der Waals surface area contributed by atoms with E-state index in [1.165, 1.54) is 32.7 Å². The summed E-state index contributed by atoms with van der Waals surface area (Å²) in [6.45, 7) is 2.03. The summed E-state index contributed by atoms with van der Waals surface area (Å²) in [6.07, 6.45) is 0. The highest BCUT2D eigenvalue weighted by molar-refractivity contribution is 7.14. The Morgan fingerprint density at radius 3 is 2.33 bits per heavy atom. The highest BCUT2D eigenvalue weighted by Gasteiger charge is 2.19. The Kier molecular flexibility index (Phi) is 5.61. The fourth-order valence-electron chi connectivity index (χ4n) is 2.69. The lowest BCUT2D eigenvalue weighted by atomic mass is 10.1. The average Bonchev–Trinajstić information content (AvgIpc) is 3.15. The zero-order chi connectivity index (χ0) is 19.4. The molecule has 3 rings (SSSR count). The topological polar surface area (TPSA) is 69.7 Å². The van der Waals surface area contributed by atoms with Crippen LogP contribution in [-0.4, -0.2) is 32.2 Å². The number of nitrogens with zero attached hydrogens (tertiary/aromatic N) is 1. The summed E-state index contributed by atoms with van der Waals surface area (Å²) < 4.78 is 15.8. The lowest BCUT2D eigenvalue weighted by Gasteiger charge is -2.13. The normalized spacial score (nSPS) is 10.4. The van der Waals surface area contributed by atoms with Crippen molar-refractivity contribution >= 4 is 22.4 Å². The van der Waals surface area contributed by atoms with Crippen molar-refractivity contribution in [2.75, 3.05) is 26.6 Å². The molecule has 0 radical (unpaired) electrons. The summed E-state index contributed by atoms with van der Waals surface area (Å²) in [4.78, 5) is 17.3. The standard InChI is InChI=1S/C20H20N2O4S/c1-12-7-5-6-8-13(12)15-11-27-20(21-15)22-19(23)14-9-17(25-3)18(26-4)10-16(14)24-2/h5-11H,1-4H3,(H,21,22,23). The van der Waals surface area contributed by atoms with Crippen molar-refractivity contribution in [2.24, 2.45) is 0 Å². The van der Waals surface area contributed by atoms with Crippen molar-refractivity contribution in [1.29, 1.82) is 0 Å². The third-order valence-corrected chi connectivity index (χ3v) is 4.85. The van der Waals surface area contributed by atoms with E-state index in [9.17, 15) is 4.79 Å². The average molecular weight is 384 g/mol. The van der Waals surface area contributed by atoms with Gasteiger partial charge in [-0.3, -0.25) is 10.1 Å². The second-order valence-corrected chi connectivity index (χ2v) is 6.57. The van der Waals surface area contributed by atoms with Crippen molar-refractivity contribution in [3.05, 3.63) is 52.9 Å². The molecule has 7 heteroatoms. The fraction of sp³-hybridized carbons (Fsp3) is 0.200. The van der Waals surface area contributed by atoms with E-state index < -0.39 is 0 Å². The predicted molar refractivity (Wildman–Crippen MR) is 106 cm³/mol. The van der Waals surface area contributed by atoms with Gasteiger partial charge in [0.2, 0.25) is 0 Å². The number of aromatic nitrogens is 1. The Balaban J connectivity index is 1.87. The molecule has 0 unspecified atom stereocenters. The lowest BCUT2D eigenvalue weighted by Crippen LogP contribution is -2.13. The number of ether oxygens (including phenoxy) is 3. The summed E-state index contributed by atoms with van der Waals surface area (Å²) in [7, 11) is 4.54. The molecule has 6 nitrogen and oxygen atoms in total. The largest absolute Gasteiger partial charge is 0.496 e. The molecule has 1 amide bonds. The van der Waals surface area contributed by atoms with Gasteiger partial charge in [0.25, 0.3) is 5.91 Å². The Bertz CT molecular complexity index is 968. The molecule has 2 aromatic carbocycles. The minimum absolute atomic E-state index is 0.335. The molecule has 0 saturated heterocycles. The van der Waals surface area contributed by atoms with Crippen LogP contribution in [-0.2, 0) is 0 Å². The van der Waals surface area contributed by atoms with Crippen molar-refractivity contribution in [2.45, 2.75) is 6.92 Å². The van der Waals surface area contributed by atoms with Gasteiger partial charge in [0, 0.05) is 23.1 Å². The summed E-state index contributed by atoms with van der Waals surface area (Å²) in [5.41, 5.74) is 3.33. The summed E-state index contributed by atoms with van der Waals surface area (Å²) in [5, 5.41) is 5.25. The number of rotatable bonds is 6. The Hall–Kier alpha value is -3.06. The Labute approximate surface area is 161 Å². The van der Waals surface area contributed by atoms with Crippen molar-refractivity contribution in [3.63, 3.8) is 0 Å². The molecule has 1 aromatic heterocycles. The van der Waals surface area contributed by atoms with Gasteiger partial charge in [0.05, 0.1) is 32.6 Å². The van der Waals surface area contributed by atoms with Crippen LogP contribution < -0.4 is 19.5 Å². The van der Waals surface area contributed by atoms with E-state index in [0.717, 1.165) is 16.8 Å². The van der Waals surface area contributed by atoms with Gasteiger partial charge >= 0.3 is 0 Å². The maximum absolute atomic E-state index is 12.8. The second-order valence-electron chi connectivity index (χ2n) is 5.71. The van der Waals surface area contributed by atoms with Crippen molar-refractivity contribution in [1.82, 2.24) is 4.98 Å². The van der Waals surface area contributed by atoms with Crippen molar-refractivity contribution < 1.29 is 19.0 Å². The number of carbonyl (C=O) groups is 1. The number of hydrogen-bond donors (Lipinski definition) is 1. The Morgan fingerprint density at radius 2 is 1.67 bits per heavy atom. The number of aryl methyl sites for hydroxylation is 1. The van der Waals surface area contributed by atoms with Crippen LogP contribution in [0.1, 0.15) is 15.9 Å². The molecule has 0 fully saturated rings. The van der Waals surface area contributed by atoms with Crippen LogP contribution in [0, 0.1) is 6.92 Å². The first-order chi connectivity index (χ1) is 13.1. The first kappa shape index (κ1) is 18.7.